The number of aromatic nitrogens is 1. The van der Waals surface area contributed by atoms with E-state index in [0.29, 0.717) is 5.41 Å². The smallest absolute Gasteiger partial charge is 0.336 e. The first kappa shape index (κ1) is 30.7. The van der Waals surface area contributed by atoms with Gasteiger partial charge in [0, 0.05) is 36.0 Å². The van der Waals surface area contributed by atoms with Crippen LogP contribution in [0.2, 0.25) is 0 Å². The molecule has 1 saturated carbocycles. The molecule has 2 heterocycles. The van der Waals surface area contributed by atoms with Crippen molar-refractivity contribution in [2.45, 2.75) is 83.8 Å². The normalized spacial score (nSPS) is 20.2. The lowest BCUT2D eigenvalue weighted by molar-refractivity contribution is -0.170. The summed E-state index contributed by atoms with van der Waals surface area (Å²) in [7, 11) is 0. The number of carbonyl (C=O) groups is 3. The summed E-state index contributed by atoms with van der Waals surface area (Å²) in [6.07, 6.45) is 6.67. The number of carboxylic acids is 3. The van der Waals surface area contributed by atoms with Gasteiger partial charge in [0.2, 0.25) is 0 Å². The summed E-state index contributed by atoms with van der Waals surface area (Å²) >= 11 is 0. The average Bonchev–Trinajstić information content (AvgIpc) is 3.54. The number of likely N-dealkylation sites (tertiary alicyclic amines) is 1. The topological polar surface area (TPSA) is 157 Å². The first-order chi connectivity index (χ1) is 17.2. The minimum Gasteiger partial charge on any atom is -0.481 e. The van der Waals surface area contributed by atoms with Gasteiger partial charge in [-0.3, -0.25) is 19.5 Å². The van der Waals surface area contributed by atoms with E-state index in [1.54, 1.807) is 0 Å². The molecule has 3 rings (SSSR count). The standard InChI is InChI=1S/C21H34N2O.C6H8O7/c1-5-24-16-21(11-10-18-7-8-18)12-13-23(15-21)20(3,4)19-9-6-17(2)22-14-19;7-3(8)1-6(13,5(11)12)2-4(9)10/h6,9,14,18H,5,7-8,10-13,15-16H2,1-4H3;13H,1-2H2,(H,7,8)(H,9,10)(H,11,12)/t21-;/m1./s1. The van der Waals surface area contributed by atoms with Gasteiger partial charge in [0.15, 0.2) is 5.60 Å². The molecule has 2 aliphatic rings. The molecular formula is C27H42N2O8. The number of aryl methyl sites for hydroxylation is 1. The minimum absolute atomic E-state index is 0.0360. The molecule has 0 bridgehead atoms. The summed E-state index contributed by atoms with van der Waals surface area (Å²) < 4.78 is 5.92. The third kappa shape index (κ3) is 9.05. The molecule has 1 saturated heterocycles. The van der Waals surface area contributed by atoms with E-state index in [-0.39, 0.29) is 5.54 Å². The van der Waals surface area contributed by atoms with E-state index < -0.39 is 36.4 Å². The zero-order chi connectivity index (χ0) is 27.9. The van der Waals surface area contributed by atoms with Crippen molar-refractivity contribution in [2.24, 2.45) is 11.3 Å². The number of hydrogen-bond donors (Lipinski definition) is 4. The number of aliphatic carboxylic acids is 3. The molecule has 10 nitrogen and oxygen atoms in total. The minimum atomic E-state index is -2.74. The predicted octanol–water partition coefficient (Wildman–Crippen LogP) is 3.30. The van der Waals surface area contributed by atoms with Gasteiger partial charge >= 0.3 is 17.9 Å². The van der Waals surface area contributed by atoms with Gasteiger partial charge in [0.25, 0.3) is 0 Å². The molecule has 0 unspecified atom stereocenters. The van der Waals surface area contributed by atoms with E-state index in [4.69, 9.17) is 25.2 Å². The second-order valence-electron chi connectivity index (χ2n) is 11.0. The van der Waals surface area contributed by atoms with Crippen molar-refractivity contribution in [3.63, 3.8) is 0 Å². The Morgan fingerprint density at radius 1 is 1.14 bits per heavy atom. The molecule has 4 N–H and O–H groups in total. The summed E-state index contributed by atoms with van der Waals surface area (Å²) in [5.41, 5.74) is 0.0634. The van der Waals surface area contributed by atoms with Crippen molar-refractivity contribution < 1.29 is 39.5 Å². The molecule has 1 atom stereocenters. The highest BCUT2D eigenvalue weighted by Crippen LogP contribution is 2.45. The molecule has 0 radical (unpaired) electrons. The highest BCUT2D eigenvalue weighted by atomic mass is 16.5. The van der Waals surface area contributed by atoms with Crippen LogP contribution in [0.1, 0.15) is 77.0 Å². The Balaban J connectivity index is 0.000000317. The van der Waals surface area contributed by atoms with Crippen molar-refractivity contribution in [2.75, 3.05) is 26.3 Å². The summed E-state index contributed by atoms with van der Waals surface area (Å²) in [5.74, 6) is -4.01. The van der Waals surface area contributed by atoms with Gasteiger partial charge in [-0.25, -0.2) is 4.79 Å². The lowest BCUT2D eigenvalue weighted by Gasteiger charge is -2.38. The number of carboxylic acid groups (broad SMARTS) is 3. The fourth-order valence-electron chi connectivity index (χ4n) is 4.77. The van der Waals surface area contributed by atoms with Crippen LogP contribution in [0.15, 0.2) is 18.3 Å². The van der Waals surface area contributed by atoms with Crippen LogP contribution in [0.3, 0.4) is 0 Å². The predicted molar refractivity (Wildman–Crippen MR) is 136 cm³/mol. The molecule has 37 heavy (non-hydrogen) atoms. The Labute approximate surface area is 218 Å². The monoisotopic (exact) mass is 522 g/mol. The van der Waals surface area contributed by atoms with E-state index in [1.807, 2.05) is 0 Å². The van der Waals surface area contributed by atoms with Gasteiger partial charge < -0.3 is 25.2 Å². The van der Waals surface area contributed by atoms with Crippen LogP contribution >= 0.6 is 0 Å². The highest BCUT2D eigenvalue weighted by molar-refractivity contribution is 5.88. The maximum atomic E-state index is 10.3. The molecule has 10 heteroatoms. The number of nitrogens with zero attached hydrogens (tertiary/aromatic N) is 2. The number of rotatable bonds is 13. The van der Waals surface area contributed by atoms with Gasteiger partial charge in [0.1, 0.15) is 0 Å². The Morgan fingerprint density at radius 2 is 1.76 bits per heavy atom. The quantitative estimate of drug-likeness (QED) is 0.303. The Morgan fingerprint density at radius 3 is 2.22 bits per heavy atom. The summed E-state index contributed by atoms with van der Waals surface area (Å²) in [6.45, 7) is 12.9. The van der Waals surface area contributed by atoms with Gasteiger partial charge in [0.05, 0.1) is 19.4 Å². The summed E-state index contributed by atoms with van der Waals surface area (Å²) in [4.78, 5) is 37.7. The lowest BCUT2D eigenvalue weighted by atomic mass is 9.82. The zero-order valence-electron chi connectivity index (χ0n) is 22.4. The molecule has 0 amide bonds. The van der Waals surface area contributed by atoms with Crippen LogP contribution in [0, 0.1) is 18.3 Å². The first-order valence-corrected chi connectivity index (χ1v) is 12.9. The molecule has 208 valence electrons. The number of ether oxygens (including phenoxy) is 1. The summed E-state index contributed by atoms with van der Waals surface area (Å²) in [6, 6.07) is 4.38. The van der Waals surface area contributed by atoms with Gasteiger partial charge in [-0.1, -0.05) is 18.9 Å². The molecule has 1 aliphatic carbocycles. The SMILES string of the molecule is CCOC[C@]1(CCC2CC2)CCN(C(C)(C)c2ccc(C)nc2)C1.O=C(O)CC(O)(CC(=O)O)C(=O)O. The van der Waals surface area contributed by atoms with Crippen LogP contribution in [0.5, 0.6) is 0 Å². The van der Waals surface area contributed by atoms with E-state index in [2.05, 4.69) is 55.9 Å². The fraction of sp³-hybridized carbons (Fsp3) is 0.704. The third-order valence-corrected chi connectivity index (χ3v) is 7.52. The van der Waals surface area contributed by atoms with Gasteiger partial charge in [-0.2, -0.15) is 0 Å². The second kappa shape index (κ2) is 12.8. The number of aliphatic hydroxyl groups is 1. The van der Waals surface area contributed by atoms with Crippen molar-refractivity contribution in [1.82, 2.24) is 9.88 Å². The summed E-state index contributed by atoms with van der Waals surface area (Å²) in [5, 5.41) is 33.8. The first-order valence-electron chi connectivity index (χ1n) is 12.9. The molecule has 0 spiro atoms. The Hall–Kier alpha value is -2.56. The van der Waals surface area contributed by atoms with Crippen molar-refractivity contribution >= 4 is 17.9 Å². The van der Waals surface area contributed by atoms with Crippen LogP contribution < -0.4 is 0 Å². The maximum absolute atomic E-state index is 10.3. The van der Waals surface area contributed by atoms with E-state index in [1.165, 1.54) is 44.2 Å². The van der Waals surface area contributed by atoms with Crippen LogP contribution in [-0.4, -0.2) is 80.1 Å². The third-order valence-electron chi connectivity index (χ3n) is 7.52. The number of pyridine rings is 1. The average molecular weight is 523 g/mol. The lowest BCUT2D eigenvalue weighted by Crippen LogP contribution is -2.42. The molecule has 1 aliphatic heterocycles. The zero-order valence-corrected chi connectivity index (χ0v) is 22.4. The second-order valence-corrected chi connectivity index (χ2v) is 11.0. The highest BCUT2D eigenvalue weighted by Gasteiger charge is 2.44. The van der Waals surface area contributed by atoms with E-state index in [0.717, 1.165) is 31.4 Å². The maximum Gasteiger partial charge on any atom is 0.336 e. The largest absolute Gasteiger partial charge is 0.481 e. The molecule has 1 aromatic rings. The van der Waals surface area contributed by atoms with E-state index >= 15 is 0 Å². The molecule has 1 aromatic heterocycles. The van der Waals surface area contributed by atoms with Crippen molar-refractivity contribution in [3.05, 3.63) is 29.6 Å². The molecule has 2 fully saturated rings. The van der Waals surface area contributed by atoms with Crippen molar-refractivity contribution in [3.8, 4) is 0 Å². The number of hydrogen-bond acceptors (Lipinski definition) is 7. The fourth-order valence-corrected chi connectivity index (χ4v) is 4.77. The van der Waals surface area contributed by atoms with Gasteiger partial charge in [-0.05, 0) is 71.0 Å². The van der Waals surface area contributed by atoms with Crippen molar-refractivity contribution in [1.29, 1.82) is 0 Å². The van der Waals surface area contributed by atoms with E-state index in [9.17, 15) is 14.4 Å². The van der Waals surface area contributed by atoms with Crippen LogP contribution in [0.4, 0.5) is 0 Å². The van der Waals surface area contributed by atoms with Crippen LogP contribution in [-0.2, 0) is 24.7 Å². The Kier molecular flexibility index (Phi) is 10.6. The van der Waals surface area contributed by atoms with Gasteiger partial charge in [-0.15, -0.1) is 0 Å². The Bertz CT molecular complexity index is 913. The van der Waals surface area contributed by atoms with Crippen LogP contribution in [0.25, 0.3) is 0 Å². The molecule has 0 aromatic carbocycles. The molecular weight excluding hydrogens is 480 g/mol.